The predicted octanol–water partition coefficient (Wildman–Crippen LogP) is 2.67. The van der Waals surface area contributed by atoms with Crippen molar-refractivity contribution in [1.29, 1.82) is 0 Å². The van der Waals surface area contributed by atoms with Crippen LogP contribution in [0.4, 0.5) is 0 Å². The van der Waals surface area contributed by atoms with Crippen molar-refractivity contribution in [2.45, 2.75) is 38.8 Å². The van der Waals surface area contributed by atoms with Gasteiger partial charge in [0.25, 0.3) is 0 Å². The molecule has 1 aliphatic rings. The fourth-order valence-electron chi connectivity index (χ4n) is 3.29. The van der Waals surface area contributed by atoms with Gasteiger partial charge in [0, 0.05) is 25.2 Å². The number of aryl methyl sites for hydroxylation is 1. The van der Waals surface area contributed by atoms with Crippen molar-refractivity contribution in [3.05, 3.63) is 35.4 Å². The van der Waals surface area contributed by atoms with Crippen LogP contribution in [0, 0.1) is 6.92 Å². The van der Waals surface area contributed by atoms with E-state index in [1.54, 1.807) is 0 Å². The number of nitrogens with zero attached hydrogens (tertiary/aromatic N) is 2. The van der Waals surface area contributed by atoms with E-state index < -0.39 is 0 Å². The largest absolute Gasteiger partial charge is 0.309 e. The lowest BCUT2D eigenvalue weighted by molar-refractivity contribution is 0.206. The maximum Gasteiger partial charge on any atom is 0.0449 e. The van der Waals surface area contributed by atoms with E-state index in [1.807, 2.05) is 0 Å². The van der Waals surface area contributed by atoms with Crippen LogP contribution in [0.1, 0.15) is 36.9 Å². The number of benzene rings is 1. The van der Waals surface area contributed by atoms with Gasteiger partial charge in [-0.05, 0) is 52.5 Å². The molecule has 118 valence electrons. The number of likely N-dealkylation sites (N-methyl/N-ethyl adjacent to an activating group) is 3. The van der Waals surface area contributed by atoms with Gasteiger partial charge in [-0.2, -0.15) is 0 Å². The Morgan fingerprint density at radius 2 is 2.05 bits per heavy atom. The highest BCUT2D eigenvalue weighted by atomic mass is 15.2. The van der Waals surface area contributed by atoms with E-state index >= 15 is 0 Å². The maximum absolute atomic E-state index is 3.63. The zero-order valence-electron chi connectivity index (χ0n) is 14.1. The summed E-state index contributed by atoms with van der Waals surface area (Å²) in [6, 6.07) is 10.1. The van der Waals surface area contributed by atoms with Gasteiger partial charge in [-0.15, -0.1) is 0 Å². The molecule has 0 radical (unpaired) electrons. The number of hydrogen-bond acceptors (Lipinski definition) is 3. The predicted molar refractivity (Wildman–Crippen MR) is 90.7 cm³/mol. The molecule has 21 heavy (non-hydrogen) atoms. The van der Waals surface area contributed by atoms with Crippen molar-refractivity contribution in [3.63, 3.8) is 0 Å². The van der Waals surface area contributed by atoms with Crippen LogP contribution in [-0.2, 0) is 0 Å². The van der Waals surface area contributed by atoms with Gasteiger partial charge < -0.3 is 15.1 Å². The van der Waals surface area contributed by atoms with Gasteiger partial charge in [0.1, 0.15) is 0 Å². The van der Waals surface area contributed by atoms with Gasteiger partial charge in [0.2, 0.25) is 0 Å². The molecule has 1 saturated heterocycles. The summed E-state index contributed by atoms with van der Waals surface area (Å²) in [5.74, 6) is 0. The second-order valence-corrected chi connectivity index (χ2v) is 6.52. The molecule has 3 nitrogen and oxygen atoms in total. The van der Waals surface area contributed by atoms with Gasteiger partial charge in [-0.1, -0.05) is 36.8 Å². The molecule has 1 aromatic rings. The zero-order chi connectivity index (χ0) is 15.2. The summed E-state index contributed by atoms with van der Waals surface area (Å²) in [5, 5.41) is 3.63. The molecule has 2 rings (SSSR count). The number of likely N-dealkylation sites (tertiary alicyclic amines) is 1. The average molecular weight is 289 g/mol. The molecule has 1 aromatic carbocycles. The van der Waals surface area contributed by atoms with Crippen LogP contribution >= 0.6 is 0 Å². The molecule has 0 spiro atoms. The second kappa shape index (κ2) is 7.92. The van der Waals surface area contributed by atoms with Gasteiger partial charge in [0.15, 0.2) is 0 Å². The lowest BCUT2D eigenvalue weighted by atomic mass is 10.0. The van der Waals surface area contributed by atoms with E-state index in [2.05, 4.69) is 67.3 Å². The maximum atomic E-state index is 3.63. The number of rotatable bonds is 7. The summed E-state index contributed by atoms with van der Waals surface area (Å²) in [6.07, 6.45) is 2.70. The van der Waals surface area contributed by atoms with E-state index in [1.165, 1.54) is 37.1 Å². The molecular formula is C18H31N3. The van der Waals surface area contributed by atoms with E-state index in [-0.39, 0.29) is 0 Å². The van der Waals surface area contributed by atoms with Crippen LogP contribution in [-0.4, -0.2) is 56.1 Å². The van der Waals surface area contributed by atoms with E-state index in [0.717, 1.165) is 19.1 Å². The number of nitrogens with one attached hydrogen (secondary N) is 1. The Kier molecular flexibility index (Phi) is 6.22. The van der Waals surface area contributed by atoms with E-state index in [4.69, 9.17) is 0 Å². The third kappa shape index (κ3) is 4.80. The van der Waals surface area contributed by atoms with Gasteiger partial charge in [-0.25, -0.2) is 0 Å². The second-order valence-electron chi connectivity index (χ2n) is 6.52. The van der Waals surface area contributed by atoms with Crippen LogP contribution in [0.3, 0.4) is 0 Å². The summed E-state index contributed by atoms with van der Waals surface area (Å²) >= 11 is 0. The van der Waals surface area contributed by atoms with Crippen LogP contribution in [0.15, 0.2) is 24.3 Å². The zero-order valence-corrected chi connectivity index (χ0v) is 14.1. The van der Waals surface area contributed by atoms with Gasteiger partial charge >= 0.3 is 0 Å². The molecule has 0 amide bonds. The molecule has 0 aromatic heterocycles. The van der Waals surface area contributed by atoms with Crippen molar-refractivity contribution in [1.82, 2.24) is 15.1 Å². The van der Waals surface area contributed by atoms with E-state index in [0.29, 0.717) is 6.04 Å². The third-order valence-corrected chi connectivity index (χ3v) is 4.62. The Morgan fingerprint density at radius 1 is 1.33 bits per heavy atom. The standard InChI is InChI=1S/C18H31N3/c1-5-19-18(16-10-8-15(2)9-11-16)14-20(3)13-17-7-6-12-21(17)4/h8-11,17-19H,5-7,12-14H2,1-4H3. The van der Waals surface area contributed by atoms with Crippen LogP contribution in [0.2, 0.25) is 0 Å². The van der Waals surface area contributed by atoms with Crippen molar-refractivity contribution < 1.29 is 0 Å². The first kappa shape index (κ1) is 16.5. The Labute approximate surface area is 130 Å². The summed E-state index contributed by atoms with van der Waals surface area (Å²) in [7, 11) is 4.51. The minimum Gasteiger partial charge on any atom is -0.309 e. The Hall–Kier alpha value is -0.900. The van der Waals surface area contributed by atoms with Gasteiger partial charge in [0.05, 0.1) is 0 Å². The SMILES string of the molecule is CCNC(CN(C)CC1CCCN1C)c1ccc(C)cc1. The molecule has 1 N–H and O–H groups in total. The monoisotopic (exact) mass is 289 g/mol. The molecule has 1 fully saturated rings. The van der Waals surface area contributed by atoms with Crippen molar-refractivity contribution >= 4 is 0 Å². The molecule has 2 atom stereocenters. The van der Waals surface area contributed by atoms with Crippen molar-refractivity contribution in [2.75, 3.05) is 40.3 Å². The first-order valence-electron chi connectivity index (χ1n) is 8.29. The summed E-state index contributed by atoms with van der Waals surface area (Å²) in [4.78, 5) is 4.99. The van der Waals surface area contributed by atoms with E-state index in [9.17, 15) is 0 Å². The molecular weight excluding hydrogens is 258 g/mol. The van der Waals surface area contributed by atoms with Gasteiger partial charge in [-0.3, -0.25) is 0 Å². The quantitative estimate of drug-likeness (QED) is 0.832. The minimum atomic E-state index is 0.423. The average Bonchev–Trinajstić information content (AvgIpc) is 2.84. The minimum absolute atomic E-state index is 0.423. The normalized spacial score (nSPS) is 21.1. The lowest BCUT2D eigenvalue weighted by Crippen LogP contribution is -2.40. The molecule has 0 bridgehead atoms. The fraction of sp³-hybridized carbons (Fsp3) is 0.667. The van der Waals surface area contributed by atoms with Crippen molar-refractivity contribution in [3.8, 4) is 0 Å². The topological polar surface area (TPSA) is 18.5 Å². The summed E-state index contributed by atoms with van der Waals surface area (Å²) in [6.45, 7) is 8.84. The van der Waals surface area contributed by atoms with Crippen LogP contribution in [0.25, 0.3) is 0 Å². The smallest absolute Gasteiger partial charge is 0.0449 e. The molecule has 0 saturated carbocycles. The number of hydrogen-bond donors (Lipinski definition) is 1. The van der Waals surface area contributed by atoms with Crippen LogP contribution < -0.4 is 5.32 Å². The Balaban J connectivity index is 1.93. The van der Waals surface area contributed by atoms with Crippen molar-refractivity contribution in [2.24, 2.45) is 0 Å². The summed E-state index contributed by atoms with van der Waals surface area (Å²) in [5.41, 5.74) is 2.73. The first-order valence-corrected chi connectivity index (χ1v) is 8.29. The molecule has 2 unspecified atom stereocenters. The highest BCUT2D eigenvalue weighted by Gasteiger charge is 2.23. The van der Waals surface area contributed by atoms with Crippen LogP contribution in [0.5, 0.6) is 0 Å². The lowest BCUT2D eigenvalue weighted by Gasteiger charge is -2.29. The first-order chi connectivity index (χ1) is 10.1. The summed E-state index contributed by atoms with van der Waals surface area (Å²) < 4.78 is 0. The third-order valence-electron chi connectivity index (χ3n) is 4.62. The fourth-order valence-corrected chi connectivity index (χ4v) is 3.29. The Morgan fingerprint density at radius 3 is 2.62 bits per heavy atom. The molecule has 3 heteroatoms. The highest BCUT2D eigenvalue weighted by Crippen LogP contribution is 2.18. The Bertz CT molecular complexity index is 415. The highest BCUT2D eigenvalue weighted by molar-refractivity contribution is 5.24. The molecule has 1 heterocycles. The molecule has 1 aliphatic heterocycles. The molecule has 0 aliphatic carbocycles.